The number of rotatable bonds is 6. The van der Waals surface area contributed by atoms with E-state index in [4.69, 9.17) is 5.73 Å². The van der Waals surface area contributed by atoms with Gasteiger partial charge < -0.3 is 15.7 Å². The maximum absolute atomic E-state index is 10.2. The Labute approximate surface area is 103 Å². The lowest BCUT2D eigenvalue weighted by molar-refractivity contribution is 0.114. The highest BCUT2D eigenvalue weighted by Gasteiger charge is 2.25. The van der Waals surface area contributed by atoms with Crippen molar-refractivity contribution in [3.63, 3.8) is 0 Å². The van der Waals surface area contributed by atoms with Gasteiger partial charge >= 0.3 is 0 Å². The Morgan fingerprint density at radius 3 is 2.71 bits per heavy atom. The monoisotopic (exact) mass is 234 g/mol. The van der Waals surface area contributed by atoms with Crippen molar-refractivity contribution in [3.05, 3.63) is 29.8 Å². The predicted octanol–water partition coefficient (Wildman–Crippen LogP) is 2.03. The minimum Gasteiger partial charge on any atom is -0.398 e. The molecule has 1 aliphatic rings. The largest absolute Gasteiger partial charge is 0.398 e. The van der Waals surface area contributed by atoms with Crippen LogP contribution in [0.4, 0.5) is 5.69 Å². The maximum Gasteiger partial charge on any atom is 0.0936 e. The summed E-state index contributed by atoms with van der Waals surface area (Å²) in [6.45, 7) is 4.92. The minimum absolute atomic E-state index is 0.477. The highest BCUT2D eigenvalue weighted by atomic mass is 16.3. The van der Waals surface area contributed by atoms with E-state index in [-0.39, 0.29) is 0 Å². The molecule has 0 aromatic heterocycles. The van der Waals surface area contributed by atoms with Gasteiger partial charge in [0, 0.05) is 24.3 Å². The number of hydrogen-bond donors (Lipinski definition) is 2. The van der Waals surface area contributed by atoms with E-state index in [9.17, 15) is 5.11 Å². The highest BCUT2D eigenvalue weighted by molar-refractivity contribution is 5.47. The first-order chi connectivity index (χ1) is 8.20. The molecular formula is C14H22N2O. The van der Waals surface area contributed by atoms with Crippen LogP contribution in [0.15, 0.2) is 24.3 Å². The van der Waals surface area contributed by atoms with Crippen LogP contribution >= 0.6 is 0 Å². The van der Waals surface area contributed by atoms with Crippen LogP contribution in [-0.4, -0.2) is 29.6 Å². The van der Waals surface area contributed by atoms with Crippen molar-refractivity contribution in [3.8, 4) is 0 Å². The third-order valence-electron chi connectivity index (χ3n) is 3.45. The summed E-state index contributed by atoms with van der Waals surface area (Å²) >= 11 is 0. The molecule has 1 aliphatic carbocycles. The van der Waals surface area contributed by atoms with Crippen molar-refractivity contribution in [2.24, 2.45) is 5.92 Å². The number of aliphatic hydroxyl groups is 1. The van der Waals surface area contributed by atoms with Crippen molar-refractivity contribution in [2.45, 2.75) is 25.9 Å². The zero-order chi connectivity index (χ0) is 12.3. The first-order valence-corrected chi connectivity index (χ1v) is 6.45. The summed E-state index contributed by atoms with van der Waals surface area (Å²) in [5, 5.41) is 10.2. The lowest BCUT2D eigenvalue weighted by Gasteiger charge is -2.24. The van der Waals surface area contributed by atoms with Crippen LogP contribution in [-0.2, 0) is 0 Å². The molecule has 3 N–H and O–H groups in total. The number of nitrogens with zero attached hydrogens (tertiary/aromatic N) is 1. The summed E-state index contributed by atoms with van der Waals surface area (Å²) < 4.78 is 0. The summed E-state index contributed by atoms with van der Waals surface area (Å²) in [6, 6.07) is 7.57. The number of aliphatic hydroxyl groups excluding tert-OH is 1. The SMILES string of the molecule is CCN(CC1CC1)CC(O)c1ccccc1N. The third-order valence-corrected chi connectivity index (χ3v) is 3.45. The van der Waals surface area contributed by atoms with Gasteiger partial charge in [0.1, 0.15) is 0 Å². The standard InChI is InChI=1S/C14H22N2O/c1-2-16(9-11-7-8-11)10-14(17)12-5-3-4-6-13(12)15/h3-6,11,14,17H,2,7-10,15H2,1H3. The Morgan fingerprint density at radius 1 is 1.41 bits per heavy atom. The van der Waals surface area contributed by atoms with E-state index >= 15 is 0 Å². The topological polar surface area (TPSA) is 49.5 Å². The summed E-state index contributed by atoms with van der Waals surface area (Å²) in [5.41, 5.74) is 7.41. The Kier molecular flexibility index (Phi) is 4.02. The van der Waals surface area contributed by atoms with Crippen LogP contribution in [0.2, 0.25) is 0 Å². The maximum atomic E-state index is 10.2. The molecule has 2 rings (SSSR count). The first kappa shape index (κ1) is 12.4. The van der Waals surface area contributed by atoms with Gasteiger partial charge in [-0.2, -0.15) is 0 Å². The average molecular weight is 234 g/mol. The molecule has 1 saturated carbocycles. The lowest BCUT2D eigenvalue weighted by Crippen LogP contribution is -2.30. The van der Waals surface area contributed by atoms with Gasteiger partial charge in [-0.15, -0.1) is 0 Å². The first-order valence-electron chi connectivity index (χ1n) is 6.45. The molecule has 1 atom stereocenters. The number of nitrogen functional groups attached to an aromatic ring is 1. The molecule has 1 fully saturated rings. The van der Waals surface area contributed by atoms with Crippen LogP contribution in [0.1, 0.15) is 31.4 Å². The van der Waals surface area contributed by atoms with E-state index in [2.05, 4.69) is 11.8 Å². The second-order valence-electron chi connectivity index (χ2n) is 4.94. The van der Waals surface area contributed by atoms with Crippen molar-refractivity contribution in [1.82, 2.24) is 4.90 Å². The fourth-order valence-electron chi connectivity index (χ4n) is 2.16. The van der Waals surface area contributed by atoms with Crippen LogP contribution in [0.3, 0.4) is 0 Å². The normalized spacial score (nSPS) is 17.4. The van der Waals surface area contributed by atoms with Crippen LogP contribution in [0, 0.1) is 5.92 Å². The van der Waals surface area contributed by atoms with Crippen LogP contribution < -0.4 is 5.73 Å². The summed E-state index contributed by atoms with van der Waals surface area (Å²) in [6.07, 6.45) is 2.22. The second-order valence-corrected chi connectivity index (χ2v) is 4.94. The Bertz CT molecular complexity index is 363. The molecule has 0 amide bonds. The smallest absolute Gasteiger partial charge is 0.0936 e. The summed E-state index contributed by atoms with van der Waals surface area (Å²) in [5.74, 6) is 0.857. The molecule has 0 saturated heterocycles. The molecule has 94 valence electrons. The summed E-state index contributed by atoms with van der Waals surface area (Å²) in [4.78, 5) is 2.31. The predicted molar refractivity (Wildman–Crippen MR) is 70.7 cm³/mol. The van der Waals surface area contributed by atoms with E-state index in [1.54, 1.807) is 0 Å². The van der Waals surface area contributed by atoms with Gasteiger partial charge in [-0.25, -0.2) is 0 Å². The minimum atomic E-state index is -0.477. The quantitative estimate of drug-likeness (QED) is 0.740. The number of likely N-dealkylation sites (N-methyl/N-ethyl adjacent to an activating group) is 1. The van der Waals surface area contributed by atoms with Gasteiger partial charge in [-0.05, 0) is 31.4 Å². The van der Waals surface area contributed by atoms with Crippen molar-refractivity contribution in [1.29, 1.82) is 0 Å². The van der Waals surface area contributed by atoms with Crippen molar-refractivity contribution < 1.29 is 5.11 Å². The molecular weight excluding hydrogens is 212 g/mol. The van der Waals surface area contributed by atoms with Crippen molar-refractivity contribution in [2.75, 3.05) is 25.4 Å². The highest BCUT2D eigenvalue weighted by Crippen LogP contribution is 2.30. The van der Waals surface area contributed by atoms with Crippen molar-refractivity contribution >= 4 is 5.69 Å². The lowest BCUT2D eigenvalue weighted by atomic mass is 10.1. The zero-order valence-corrected chi connectivity index (χ0v) is 10.5. The molecule has 1 unspecified atom stereocenters. The van der Waals surface area contributed by atoms with Gasteiger partial charge in [0.05, 0.1) is 6.10 Å². The molecule has 0 radical (unpaired) electrons. The zero-order valence-electron chi connectivity index (χ0n) is 10.5. The van der Waals surface area contributed by atoms with Gasteiger partial charge in [0.2, 0.25) is 0 Å². The van der Waals surface area contributed by atoms with Crippen LogP contribution in [0.5, 0.6) is 0 Å². The third kappa shape index (κ3) is 3.45. The number of anilines is 1. The van der Waals surface area contributed by atoms with E-state index in [0.717, 1.165) is 24.6 Å². The number of hydrogen-bond acceptors (Lipinski definition) is 3. The molecule has 0 bridgehead atoms. The molecule has 17 heavy (non-hydrogen) atoms. The number of benzene rings is 1. The molecule has 0 spiro atoms. The van der Waals surface area contributed by atoms with E-state index in [1.807, 2.05) is 24.3 Å². The Hall–Kier alpha value is -1.06. The van der Waals surface area contributed by atoms with Gasteiger partial charge in [0.25, 0.3) is 0 Å². The fourth-order valence-corrected chi connectivity index (χ4v) is 2.16. The molecule has 1 aromatic carbocycles. The molecule has 3 heteroatoms. The van der Waals surface area contributed by atoms with E-state index in [1.165, 1.54) is 12.8 Å². The van der Waals surface area contributed by atoms with Gasteiger partial charge in [0.15, 0.2) is 0 Å². The van der Waals surface area contributed by atoms with E-state index < -0.39 is 6.10 Å². The van der Waals surface area contributed by atoms with E-state index in [0.29, 0.717) is 12.2 Å². The second kappa shape index (κ2) is 5.52. The van der Waals surface area contributed by atoms with Gasteiger partial charge in [-0.1, -0.05) is 25.1 Å². The molecule has 3 nitrogen and oxygen atoms in total. The fraction of sp³-hybridized carbons (Fsp3) is 0.571. The average Bonchev–Trinajstić information content (AvgIpc) is 3.12. The van der Waals surface area contributed by atoms with Crippen LogP contribution in [0.25, 0.3) is 0 Å². The Morgan fingerprint density at radius 2 is 2.12 bits per heavy atom. The molecule has 0 heterocycles. The molecule has 0 aliphatic heterocycles. The number of para-hydroxylation sites is 1. The van der Waals surface area contributed by atoms with Gasteiger partial charge in [-0.3, -0.25) is 0 Å². The molecule has 1 aromatic rings. The summed E-state index contributed by atoms with van der Waals surface area (Å²) in [7, 11) is 0. The number of nitrogens with two attached hydrogens (primary N) is 1. The Balaban J connectivity index is 1.94.